The summed E-state index contributed by atoms with van der Waals surface area (Å²) in [6, 6.07) is 15.0. The van der Waals surface area contributed by atoms with Crippen LogP contribution < -0.4 is 4.74 Å². The van der Waals surface area contributed by atoms with Gasteiger partial charge >= 0.3 is 5.97 Å². The van der Waals surface area contributed by atoms with Gasteiger partial charge in [0.1, 0.15) is 5.75 Å². The molecule has 0 saturated heterocycles. The van der Waals surface area contributed by atoms with Gasteiger partial charge in [0.2, 0.25) is 0 Å². The highest BCUT2D eigenvalue weighted by molar-refractivity contribution is 6.32. The fourth-order valence-electron chi connectivity index (χ4n) is 2.45. The first-order valence-electron chi connectivity index (χ1n) is 7.55. The molecule has 0 aliphatic carbocycles. The van der Waals surface area contributed by atoms with E-state index in [1.165, 1.54) is 0 Å². The Hall–Kier alpha value is -2.59. The number of ether oxygens (including phenoxy) is 2. The summed E-state index contributed by atoms with van der Waals surface area (Å²) in [5.74, 6) is 0.767. The Morgan fingerprint density at radius 2 is 1.88 bits per heavy atom. The summed E-state index contributed by atoms with van der Waals surface area (Å²) in [7, 11) is 1.64. The van der Waals surface area contributed by atoms with E-state index in [2.05, 4.69) is 4.99 Å². The molecule has 3 rings (SSSR count). The number of rotatable bonds is 5. The maximum Gasteiger partial charge on any atom is 0.363 e. The number of cyclic esters (lactones) is 1. The number of hydrogen-bond donors (Lipinski definition) is 0. The van der Waals surface area contributed by atoms with E-state index in [0.717, 1.165) is 16.9 Å². The van der Waals surface area contributed by atoms with Crippen LogP contribution in [-0.4, -0.2) is 19.0 Å². The molecule has 0 amide bonds. The number of carbonyl (C=O) groups excluding carboxylic acids is 1. The Morgan fingerprint density at radius 1 is 1.12 bits per heavy atom. The van der Waals surface area contributed by atoms with Gasteiger partial charge < -0.3 is 9.47 Å². The van der Waals surface area contributed by atoms with Crippen LogP contribution in [0.4, 0.5) is 0 Å². The molecule has 0 bridgehead atoms. The Kier molecular flexibility index (Phi) is 4.96. The third-order valence-corrected chi connectivity index (χ3v) is 4.01. The molecule has 0 aromatic heterocycles. The summed E-state index contributed by atoms with van der Waals surface area (Å²) in [6.45, 7) is 0. The Labute approximate surface area is 145 Å². The number of hydrogen-bond acceptors (Lipinski definition) is 4. The van der Waals surface area contributed by atoms with Gasteiger partial charge in [0.15, 0.2) is 11.6 Å². The van der Waals surface area contributed by atoms with E-state index in [9.17, 15) is 4.79 Å². The second-order valence-corrected chi connectivity index (χ2v) is 5.67. The molecule has 2 aromatic rings. The lowest BCUT2D eigenvalue weighted by molar-refractivity contribution is -0.130. The number of esters is 1. The lowest BCUT2D eigenvalue weighted by atomic mass is 10.1. The van der Waals surface area contributed by atoms with E-state index in [4.69, 9.17) is 21.1 Å². The maximum absolute atomic E-state index is 12.0. The van der Waals surface area contributed by atoms with Crippen molar-refractivity contribution in [2.75, 3.05) is 7.11 Å². The molecule has 1 aliphatic rings. The fraction of sp³-hybridized carbons (Fsp3) is 0.158. The van der Waals surface area contributed by atoms with Crippen molar-refractivity contribution in [2.45, 2.75) is 12.8 Å². The smallest absolute Gasteiger partial charge is 0.363 e. The van der Waals surface area contributed by atoms with E-state index < -0.39 is 5.97 Å². The predicted octanol–water partition coefficient (Wildman–Crippen LogP) is 4.28. The SMILES string of the molecule is COc1ccccc1CCC1=N/C(=C\c2ccccc2Cl)C(=O)O1. The molecular formula is C19H16ClNO3. The monoisotopic (exact) mass is 341 g/mol. The summed E-state index contributed by atoms with van der Waals surface area (Å²) in [5.41, 5.74) is 2.04. The van der Waals surface area contributed by atoms with E-state index in [1.807, 2.05) is 42.5 Å². The molecule has 0 unspecified atom stereocenters. The maximum atomic E-state index is 12.0. The number of methoxy groups -OCH3 is 1. The van der Waals surface area contributed by atoms with Gasteiger partial charge in [-0.1, -0.05) is 48.0 Å². The zero-order chi connectivity index (χ0) is 16.9. The van der Waals surface area contributed by atoms with Gasteiger partial charge in [0.25, 0.3) is 0 Å². The second-order valence-electron chi connectivity index (χ2n) is 5.26. The number of carbonyl (C=O) groups is 1. The van der Waals surface area contributed by atoms with Crippen molar-refractivity contribution in [3.63, 3.8) is 0 Å². The normalized spacial score (nSPS) is 15.3. The van der Waals surface area contributed by atoms with Crippen LogP contribution in [0.1, 0.15) is 17.5 Å². The van der Waals surface area contributed by atoms with Gasteiger partial charge in [-0.15, -0.1) is 0 Å². The summed E-state index contributed by atoms with van der Waals surface area (Å²) in [6.07, 6.45) is 2.84. The first-order chi connectivity index (χ1) is 11.7. The molecule has 0 atom stereocenters. The van der Waals surface area contributed by atoms with Gasteiger partial charge in [-0.25, -0.2) is 9.79 Å². The lowest BCUT2D eigenvalue weighted by Gasteiger charge is -2.07. The van der Waals surface area contributed by atoms with Gasteiger partial charge in [-0.05, 0) is 35.8 Å². The van der Waals surface area contributed by atoms with Crippen molar-refractivity contribution in [1.29, 1.82) is 0 Å². The molecule has 0 N–H and O–H groups in total. The first kappa shape index (κ1) is 16.3. The topological polar surface area (TPSA) is 47.9 Å². The first-order valence-corrected chi connectivity index (χ1v) is 7.93. The van der Waals surface area contributed by atoms with Crippen LogP contribution in [0.25, 0.3) is 6.08 Å². The average molecular weight is 342 g/mol. The van der Waals surface area contributed by atoms with Gasteiger partial charge in [-0.3, -0.25) is 0 Å². The Bertz CT molecular complexity index is 827. The zero-order valence-corrected chi connectivity index (χ0v) is 13.9. The third kappa shape index (κ3) is 3.66. The van der Waals surface area contributed by atoms with E-state index in [1.54, 1.807) is 19.3 Å². The number of aryl methyl sites for hydroxylation is 1. The fourth-order valence-corrected chi connectivity index (χ4v) is 2.64. The number of nitrogens with zero attached hydrogens (tertiary/aromatic N) is 1. The summed E-state index contributed by atoms with van der Waals surface area (Å²) in [4.78, 5) is 16.2. The Balaban J connectivity index is 1.74. The van der Waals surface area contributed by atoms with Crippen molar-refractivity contribution in [2.24, 2.45) is 4.99 Å². The molecule has 0 spiro atoms. The molecular weight excluding hydrogens is 326 g/mol. The quantitative estimate of drug-likeness (QED) is 0.602. The van der Waals surface area contributed by atoms with E-state index >= 15 is 0 Å². The van der Waals surface area contributed by atoms with Crippen LogP contribution in [0, 0.1) is 0 Å². The van der Waals surface area contributed by atoms with E-state index in [-0.39, 0.29) is 5.70 Å². The number of benzene rings is 2. The van der Waals surface area contributed by atoms with Gasteiger partial charge in [-0.2, -0.15) is 0 Å². The van der Waals surface area contributed by atoms with Crippen molar-refractivity contribution in [3.05, 3.63) is 70.4 Å². The van der Waals surface area contributed by atoms with Crippen LogP contribution in [0.15, 0.2) is 59.2 Å². The number of aliphatic imine (C=N–C) groups is 1. The van der Waals surface area contributed by atoms with Crippen molar-refractivity contribution in [3.8, 4) is 5.75 Å². The van der Waals surface area contributed by atoms with Crippen LogP contribution in [0.5, 0.6) is 5.75 Å². The molecule has 5 heteroatoms. The minimum atomic E-state index is -0.454. The van der Waals surface area contributed by atoms with Gasteiger partial charge in [0, 0.05) is 11.4 Å². The minimum Gasteiger partial charge on any atom is -0.496 e. The number of para-hydroxylation sites is 1. The average Bonchev–Trinajstić information content (AvgIpc) is 2.95. The van der Waals surface area contributed by atoms with Gasteiger partial charge in [0.05, 0.1) is 7.11 Å². The Morgan fingerprint density at radius 3 is 2.67 bits per heavy atom. The minimum absolute atomic E-state index is 0.262. The number of halogens is 1. The van der Waals surface area contributed by atoms with E-state index in [0.29, 0.717) is 23.8 Å². The molecule has 0 radical (unpaired) electrons. The molecule has 1 heterocycles. The molecule has 4 nitrogen and oxygen atoms in total. The molecule has 2 aromatic carbocycles. The molecule has 24 heavy (non-hydrogen) atoms. The summed E-state index contributed by atoms with van der Waals surface area (Å²) >= 11 is 6.10. The van der Waals surface area contributed by atoms with Crippen LogP contribution in [-0.2, 0) is 16.0 Å². The second kappa shape index (κ2) is 7.32. The highest BCUT2D eigenvalue weighted by atomic mass is 35.5. The molecule has 1 aliphatic heterocycles. The molecule has 0 fully saturated rings. The largest absolute Gasteiger partial charge is 0.496 e. The standard InChI is InChI=1S/C19H16ClNO3/c1-23-17-9-5-3-6-13(17)10-11-18-21-16(19(22)24-18)12-14-7-2-4-8-15(14)20/h2-9,12H,10-11H2,1H3/b16-12-. The van der Waals surface area contributed by atoms with Crippen molar-refractivity contribution >= 4 is 29.5 Å². The van der Waals surface area contributed by atoms with Crippen LogP contribution in [0.3, 0.4) is 0 Å². The summed E-state index contributed by atoms with van der Waals surface area (Å²) in [5, 5.41) is 0.565. The van der Waals surface area contributed by atoms with Crippen LogP contribution >= 0.6 is 11.6 Å². The third-order valence-electron chi connectivity index (χ3n) is 3.66. The van der Waals surface area contributed by atoms with Crippen molar-refractivity contribution in [1.82, 2.24) is 0 Å². The highest BCUT2D eigenvalue weighted by Gasteiger charge is 2.23. The lowest BCUT2D eigenvalue weighted by Crippen LogP contribution is -2.05. The zero-order valence-electron chi connectivity index (χ0n) is 13.2. The predicted molar refractivity (Wildman–Crippen MR) is 94.3 cm³/mol. The molecule has 122 valence electrons. The van der Waals surface area contributed by atoms with Crippen LogP contribution in [0.2, 0.25) is 5.02 Å². The summed E-state index contributed by atoms with van der Waals surface area (Å²) < 4.78 is 10.6. The molecule has 0 saturated carbocycles. The highest BCUT2D eigenvalue weighted by Crippen LogP contribution is 2.24. The van der Waals surface area contributed by atoms with Crippen molar-refractivity contribution < 1.29 is 14.3 Å².